The first-order chi connectivity index (χ1) is 14.2. The Bertz CT molecular complexity index is 1670. The van der Waals surface area contributed by atoms with Gasteiger partial charge in [-0.2, -0.15) is 0 Å². The van der Waals surface area contributed by atoms with E-state index in [1.807, 2.05) is 24.3 Å². The molecule has 0 aliphatic heterocycles. The van der Waals surface area contributed by atoms with Gasteiger partial charge < -0.3 is 15.9 Å². The second-order valence-corrected chi connectivity index (χ2v) is 7.76. The van der Waals surface area contributed by atoms with Gasteiger partial charge in [-0.25, -0.2) is 0 Å². The van der Waals surface area contributed by atoms with Crippen LogP contribution >= 0.6 is 0 Å². The number of hydrogen-bond donors (Lipinski definition) is 2. The summed E-state index contributed by atoms with van der Waals surface area (Å²) in [7, 11) is 0. The molecule has 5 aromatic rings. The summed E-state index contributed by atoms with van der Waals surface area (Å²) in [6.45, 7) is 0. The molecular weight excluding hydrogens is 356 g/mol. The Morgan fingerprint density at radius 1 is 0.655 bits per heavy atom. The van der Waals surface area contributed by atoms with Crippen LogP contribution in [0.3, 0.4) is 0 Å². The molecule has 136 valence electrons. The molecule has 4 aromatic carbocycles. The van der Waals surface area contributed by atoms with Crippen molar-refractivity contribution in [1.82, 2.24) is 0 Å². The molecule has 0 bridgehead atoms. The molecule has 0 amide bonds. The van der Waals surface area contributed by atoms with Crippen LogP contribution in [0.4, 0.5) is 5.69 Å². The summed E-state index contributed by atoms with van der Waals surface area (Å²) in [4.78, 5) is 0. The monoisotopic (exact) mass is 372 g/mol. The molecule has 2 aliphatic carbocycles. The summed E-state index contributed by atoms with van der Waals surface area (Å²) in [5.41, 5.74) is 23.3. The number of nitrogen functional groups attached to an aromatic ring is 1. The number of fused-ring (bicyclic) bond motifs is 12. The summed E-state index contributed by atoms with van der Waals surface area (Å²) < 4.78 is 6.46. The summed E-state index contributed by atoms with van der Waals surface area (Å²) in [6, 6.07) is 22.6. The van der Waals surface area contributed by atoms with E-state index in [-0.39, 0.29) is 0 Å². The maximum atomic E-state index is 6.74. The predicted molar refractivity (Wildman–Crippen MR) is 119 cm³/mol. The number of anilines is 1. The van der Waals surface area contributed by atoms with E-state index in [2.05, 4.69) is 48.5 Å². The first-order valence-electron chi connectivity index (χ1n) is 9.71. The third-order valence-electron chi connectivity index (χ3n) is 6.30. The van der Waals surface area contributed by atoms with Crippen molar-refractivity contribution in [2.45, 2.75) is 0 Å². The Balaban J connectivity index is 1.87. The molecule has 0 atom stereocenters. The van der Waals surface area contributed by atoms with Crippen molar-refractivity contribution in [2.24, 2.45) is 5.73 Å². The van der Waals surface area contributed by atoms with Crippen LogP contribution in [0.1, 0.15) is 11.1 Å². The van der Waals surface area contributed by atoms with Crippen LogP contribution in [-0.2, 0) is 0 Å². The fourth-order valence-corrected chi connectivity index (χ4v) is 5.13. The van der Waals surface area contributed by atoms with Gasteiger partial charge >= 0.3 is 0 Å². The van der Waals surface area contributed by atoms with Crippen molar-refractivity contribution in [3.05, 3.63) is 88.3 Å². The Hall–Kier alpha value is -3.98. The third kappa shape index (κ3) is 1.65. The smallest absolute Gasteiger partial charge is 0.144 e. The Morgan fingerprint density at radius 2 is 1.41 bits per heavy atom. The summed E-state index contributed by atoms with van der Waals surface area (Å²) in [5.74, 6) is 0. The highest BCUT2D eigenvalue weighted by Crippen LogP contribution is 2.44. The van der Waals surface area contributed by atoms with Gasteiger partial charge in [-0.05, 0) is 40.1 Å². The van der Waals surface area contributed by atoms with Crippen LogP contribution in [0.5, 0.6) is 0 Å². The Morgan fingerprint density at radius 3 is 2.28 bits per heavy atom. The zero-order valence-corrected chi connectivity index (χ0v) is 15.5. The number of furan rings is 1. The van der Waals surface area contributed by atoms with Crippen LogP contribution in [0.2, 0.25) is 0 Å². The highest BCUT2D eigenvalue weighted by atomic mass is 16.3. The molecule has 0 radical (unpaired) electrons. The largest absolute Gasteiger partial charge is 0.455 e. The predicted octanol–water partition coefficient (Wildman–Crippen LogP) is 4.07. The molecule has 3 nitrogen and oxygen atoms in total. The highest BCUT2D eigenvalue weighted by molar-refractivity contribution is 6.22. The standard InChI is InChI=1S/C26H16N2O/c27-18-10-5-11-19-23(18)24-21-15-8-3-4-9-16(15)25(28)22(21)17-12-13-6-1-2-7-14(13)20(17)26(24)29-19/h1-12H,27-28H2. The van der Waals surface area contributed by atoms with E-state index < -0.39 is 0 Å². The second-order valence-electron chi connectivity index (χ2n) is 7.76. The molecule has 3 heteroatoms. The lowest BCUT2D eigenvalue weighted by Crippen LogP contribution is -2.30. The minimum absolute atomic E-state index is 0.724. The molecule has 2 aliphatic rings. The topological polar surface area (TPSA) is 65.2 Å². The minimum atomic E-state index is 0.724. The van der Waals surface area contributed by atoms with E-state index in [0.717, 1.165) is 66.0 Å². The molecule has 0 saturated heterocycles. The van der Waals surface area contributed by atoms with Crippen molar-refractivity contribution in [2.75, 3.05) is 5.73 Å². The maximum absolute atomic E-state index is 6.74. The molecule has 0 fully saturated rings. The molecule has 0 spiro atoms. The van der Waals surface area contributed by atoms with Crippen molar-refractivity contribution < 1.29 is 4.42 Å². The molecule has 29 heavy (non-hydrogen) atoms. The zero-order valence-electron chi connectivity index (χ0n) is 15.5. The van der Waals surface area contributed by atoms with Gasteiger partial charge in [-0.3, -0.25) is 0 Å². The second kappa shape index (κ2) is 4.89. The number of nitrogens with two attached hydrogens (primary N) is 2. The summed E-state index contributed by atoms with van der Waals surface area (Å²) >= 11 is 0. The lowest BCUT2D eigenvalue weighted by molar-refractivity contribution is 0.670. The fraction of sp³-hybridized carbons (Fsp3) is 0. The SMILES string of the molecule is NC1=c2c(c3c(oc4cccc(N)c43)c3c2=Cc2ccccc2-3)-c2ccccc21. The first kappa shape index (κ1) is 15.0. The Labute approximate surface area is 166 Å². The van der Waals surface area contributed by atoms with E-state index in [0.29, 0.717) is 0 Å². The summed E-state index contributed by atoms with van der Waals surface area (Å²) in [6.07, 6.45) is 2.23. The van der Waals surface area contributed by atoms with Crippen molar-refractivity contribution in [3.8, 4) is 22.3 Å². The van der Waals surface area contributed by atoms with Gasteiger partial charge in [0.05, 0.1) is 5.39 Å². The molecule has 4 N–H and O–H groups in total. The molecule has 7 rings (SSSR count). The van der Waals surface area contributed by atoms with Crippen LogP contribution in [0.25, 0.3) is 56.0 Å². The Kier molecular flexibility index (Phi) is 2.53. The van der Waals surface area contributed by atoms with Gasteiger partial charge in [0.1, 0.15) is 11.2 Å². The molecule has 1 aromatic heterocycles. The van der Waals surface area contributed by atoms with Gasteiger partial charge in [0.2, 0.25) is 0 Å². The third-order valence-corrected chi connectivity index (χ3v) is 6.30. The highest BCUT2D eigenvalue weighted by Gasteiger charge is 2.29. The van der Waals surface area contributed by atoms with Gasteiger partial charge in [0, 0.05) is 38.7 Å². The number of hydrogen-bond acceptors (Lipinski definition) is 3. The van der Waals surface area contributed by atoms with Crippen LogP contribution in [0.15, 0.2) is 71.1 Å². The van der Waals surface area contributed by atoms with Gasteiger partial charge in [0.25, 0.3) is 0 Å². The van der Waals surface area contributed by atoms with Crippen LogP contribution in [0, 0.1) is 0 Å². The average Bonchev–Trinajstić information content (AvgIpc) is 3.39. The van der Waals surface area contributed by atoms with Gasteiger partial charge in [-0.15, -0.1) is 0 Å². The van der Waals surface area contributed by atoms with Crippen molar-refractivity contribution in [1.29, 1.82) is 0 Å². The first-order valence-corrected chi connectivity index (χ1v) is 9.71. The van der Waals surface area contributed by atoms with E-state index in [4.69, 9.17) is 15.9 Å². The maximum Gasteiger partial charge on any atom is 0.144 e. The van der Waals surface area contributed by atoms with Crippen LogP contribution in [-0.4, -0.2) is 0 Å². The van der Waals surface area contributed by atoms with Crippen molar-refractivity contribution >= 4 is 39.4 Å². The lowest BCUT2D eigenvalue weighted by atomic mass is 9.94. The van der Waals surface area contributed by atoms with Gasteiger partial charge in [0.15, 0.2) is 0 Å². The van der Waals surface area contributed by atoms with Crippen molar-refractivity contribution in [3.63, 3.8) is 0 Å². The molecule has 0 unspecified atom stereocenters. The fourth-order valence-electron chi connectivity index (χ4n) is 5.13. The number of benzene rings is 4. The van der Waals surface area contributed by atoms with E-state index in [1.165, 1.54) is 11.1 Å². The zero-order chi connectivity index (χ0) is 19.3. The van der Waals surface area contributed by atoms with E-state index >= 15 is 0 Å². The average molecular weight is 372 g/mol. The lowest BCUT2D eigenvalue weighted by Gasteiger charge is -2.07. The van der Waals surface area contributed by atoms with E-state index in [1.54, 1.807) is 0 Å². The van der Waals surface area contributed by atoms with E-state index in [9.17, 15) is 0 Å². The molecule has 0 saturated carbocycles. The summed E-state index contributed by atoms with van der Waals surface area (Å²) in [5, 5.41) is 4.26. The van der Waals surface area contributed by atoms with Crippen LogP contribution < -0.4 is 21.9 Å². The molecular formula is C26H16N2O. The minimum Gasteiger partial charge on any atom is -0.455 e. The quantitative estimate of drug-likeness (QED) is 0.395. The van der Waals surface area contributed by atoms with Gasteiger partial charge in [-0.1, -0.05) is 54.6 Å². The number of rotatable bonds is 0. The normalized spacial score (nSPS) is 13.3. The molecule has 1 heterocycles.